The highest BCUT2D eigenvalue weighted by molar-refractivity contribution is 9.13. The molecule has 1 aromatic rings. The lowest BCUT2D eigenvalue weighted by molar-refractivity contribution is 0.113. The summed E-state index contributed by atoms with van der Waals surface area (Å²) in [5.41, 5.74) is 2.76. The average Bonchev–Trinajstić information content (AvgIpc) is 2.54. The van der Waals surface area contributed by atoms with E-state index in [1.54, 1.807) is 11.3 Å². The SMILES string of the molecule is CCCOCC(NN)c1cc(Br)c(Br)s1. The minimum Gasteiger partial charge on any atom is -0.379 e. The predicted octanol–water partition coefficient (Wildman–Crippen LogP) is 3.20. The second-order valence-corrected chi connectivity index (χ2v) is 6.32. The summed E-state index contributed by atoms with van der Waals surface area (Å²) in [5.74, 6) is 5.49. The van der Waals surface area contributed by atoms with Gasteiger partial charge in [-0.25, -0.2) is 5.43 Å². The molecule has 6 heteroatoms. The molecule has 1 unspecified atom stereocenters. The van der Waals surface area contributed by atoms with Crippen LogP contribution < -0.4 is 11.3 Å². The minimum absolute atomic E-state index is 0.0594. The molecule has 0 saturated heterocycles. The number of hydrogen-bond acceptors (Lipinski definition) is 4. The van der Waals surface area contributed by atoms with Gasteiger partial charge in [0.1, 0.15) is 0 Å². The Morgan fingerprint density at radius 1 is 1.60 bits per heavy atom. The summed E-state index contributed by atoms with van der Waals surface area (Å²) in [6, 6.07) is 2.11. The summed E-state index contributed by atoms with van der Waals surface area (Å²) in [6.07, 6.45) is 1.02. The molecule has 0 aliphatic rings. The molecule has 1 aromatic heterocycles. The van der Waals surface area contributed by atoms with Crippen molar-refractivity contribution in [2.45, 2.75) is 19.4 Å². The number of ether oxygens (including phenoxy) is 1. The second kappa shape index (κ2) is 6.98. The Bertz CT molecular complexity index is 287. The van der Waals surface area contributed by atoms with Gasteiger partial charge in [0, 0.05) is 16.0 Å². The first kappa shape index (κ1) is 13.6. The summed E-state index contributed by atoms with van der Waals surface area (Å²) in [6.45, 7) is 3.46. The van der Waals surface area contributed by atoms with Gasteiger partial charge in [0.05, 0.1) is 16.4 Å². The zero-order valence-electron chi connectivity index (χ0n) is 8.43. The van der Waals surface area contributed by atoms with Crippen LogP contribution in [0.15, 0.2) is 14.3 Å². The molecule has 0 amide bonds. The maximum absolute atomic E-state index is 5.49. The predicted molar refractivity (Wildman–Crippen MR) is 70.9 cm³/mol. The van der Waals surface area contributed by atoms with Crippen molar-refractivity contribution in [1.29, 1.82) is 0 Å². The number of hydrazine groups is 1. The van der Waals surface area contributed by atoms with E-state index in [1.165, 1.54) is 0 Å². The molecule has 1 heterocycles. The van der Waals surface area contributed by atoms with Gasteiger partial charge in [0.25, 0.3) is 0 Å². The first-order valence-electron chi connectivity index (χ1n) is 4.67. The van der Waals surface area contributed by atoms with E-state index >= 15 is 0 Å². The molecule has 0 aliphatic carbocycles. The van der Waals surface area contributed by atoms with E-state index in [-0.39, 0.29) is 6.04 Å². The Labute approximate surface area is 111 Å². The molecule has 0 spiro atoms. The molecule has 3 nitrogen and oxygen atoms in total. The van der Waals surface area contributed by atoms with Crippen LogP contribution in [-0.4, -0.2) is 13.2 Å². The zero-order chi connectivity index (χ0) is 11.3. The van der Waals surface area contributed by atoms with E-state index in [0.29, 0.717) is 6.61 Å². The van der Waals surface area contributed by atoms with Gasteiger partial charge in [-0.3, -0.25) is 5.84 Å². The fourth-order valence-corrected chi connectivity index (χ4v) is 3.23. The molecule has 0 aromatic carbocycles. The monoisotopic (exact) mass is 356 g/mol. The van der Waals surface area contributed by atoms with E-state index < -0.39 is 0 Å². The summed E-state index contributed by atoms with van der Waals surface area (Å²) in [7, 11) is 0. The fourth-order valence-electron chi connectivity index (χ4n) is 1.09. The van der Waals surface area contributed by atoms with Crippen molar-refractivity contribution in [3.63, 3.8) is 0 Å². The molecule has 3 N–H and O–H groups in total. The Hall–Kier alpha value is 0.540. The maximum Gasteiger partial charge on any atom is 0.0843 e. The third-order valence-electron chi connectivity index (χ3n) is 1.84. The fraction of sp³-hybridized carbons (Fsp3) is 0.556. The molecule has 0 radical (unpaired) electrons. The van der Waals surface area contributed by atoms with Crippen LogP contribution in [0.1, 0.15) is 24.3 Å². The number of halogens is 2. The molecule has 1 rings (SSSR count). The number of hydrogen-bond donors (Lipinski definition) is 2. The van der Waals surface area contributed by atoms with Crippen LogP contribution in [0.25, 0.3) is 0 Å². The van der Waals surface area contributed by atoms with Crippen LogP contribution in [-0.2, 0) is 4.74 Å². The van der Waals surface area contributed by atoms with Gasteiger partial charge in [-0.15, -0.1) is 11.3 Å². The highest BCUT2D eigenvalue weighted by Gasteiger charge is 2.14. The smallest absolute Gasteiger partial charge is 0.0843 e. The Morgan fingerprint density at radius 3 is 2.80 bits per heavy atom. The maximum atomic E-state index is 5.49. The Morgan fingerprint density at radius 2 is 2.33 bits per heavy atom. The normalized spacial score (nSPS) is 13.1. The van der Waals surface area contributed by atoms with Gasteiger partial charge in [-0.05, 0) is 44.3 Å². The molecule has 0 aliphatic heterocycles. The van der Waals surface area contributed by atoms with Gasteiger partial charge >= 0.3 is 0 Å². The number of nitrogens with two attached hydrogens (primary N) is 1. The van der Waals surface area contributed by atoms with Crippen LogP contribution in [0.4, 0.5) is 0 Å². The number of nitrogens with one attached hydrogen (secondary N) is 1. The molecular weight excluding hydrogens is 344 g/mol. The topological polar surface area (TPSA) is 47.3 Å². The zero-order valence-corrected chi connectivity index (χ0v) is 12.4. The number of rotatable bonds is 6. The van der Waals surface area contributed by atoms with E-state index in [9.17, 15) is 0 Å². The van der Waals surface area contributed by atoms with Crippen LogP contribution in [0.3, 0.4) is 0 Å². The third-order valence-corrected chi connectivity index (χ3v) is 5.21. The van der Waals surface area contributed by atoms with Crippen molar-refractivity contribution >= 4 is 43.2 Å². The molecule has 15 heavy (non-hydrogen) atoms. The van der Waals surface area contributed by atoms with Crippen molar-refractivity contribution in [3.05, 3.63) is 19.2 Å². The van der Waals surface area contributed by atoms with E-state index in [4.69, 9.17) is 10.6 Å². The van der Waals surface area contributed by atoms with E-state index in [2.05, 4.69) is 50.3 Å². The average molecular weight is 358 g/mol. The van der Waals surface area contributed by atoms with Gasteiger partial charge in [-0.1, -0.05) is 6.92 Å². The van der Waals surface area contributed by atoms with Crippen molar-refractivity contribution in [1.82, 2.24) is 5.43 Å². The summed E-state index contributed by atoms with van der Waals surface area (Å²) < 4.78 is 7.60. The summed E-state index contributed by atoms with van der Waals surface area (Å²) in [5, 5.41) is 0. The summed E-state index contributed by atoms with van der Waals surface area (Å²) >= 11 is 8.56. The van der Waals surface area contributed by atoms with Crippen molar-refractivity contribution < 1.29 is 4.74 Å². The molecule has 0 bridgehead atoms. The Balaban J connectivity index is 2.57. The molecule has 0 fully saturated rings. The lowest BCUT2D eigenvalue weighted by atomic mass is 10.3. The van der Waals surface area contributed by atoms with Crippen molar-refractivity contribution in [2.75, 3.05) is 13.2 Å². The van der Waals surface area contributed by atoms with Gasteiger partial charge < -0.3 is 4.74 Å². The molecule has 0 saturated carbocycles. The lowest BCUT2D eigenvalue weighted by Crippen LogP contribution is -2.30. The van der Waals surface area contributed by atoms with Crippen molar-refractivity contribution in [2.24, 2.45) is 5.84 Å². The largest absolute Gasteiger partial charge is 0.379 e. The molecular formula is C9H14Br2N2OS. The van der Waals surface area contributed by atoms with E-state index in [0.717, 1.165) is 26.2 Å². The van der Waals surface area contributed by atoms with Crippen LogP contribution >= 0.6 is 43.2 Å². The first-order chi connectivity index (χ1) is 7.19. The lowest BCUT2D eigenvalue weighted by Gasteiger charge is -2.13. The standard InChI is InChI=1S/C9H14Br2N2OS/c1-2-3-14-5-7(13-12)8-4-6(10)9(11)15-8/h4,7,13H,2-3,5,12H2,1H3. The van der Waals surface area contributed by atoms with Gasteiger partial charge in [-0.2, -0.15) is 0 Å². The highest BCUT2D eigenvalue weighted by Crippen LogP contribution is 2.35. The quantitative estimate of drug-likeness (QED) is 0.467. The van der Waals surface area contributed by atoms with Crippen LogP contribution in [0.5, 0.6) is 0 Å². The van der Waals surface area contributed by atoms with Crippen molar-refractivity contribution in [3.8, 4) is 0 Å². The van der Waals surface area contributed by atoms with Crippen LogP contribution in [0, 0.1) is 0 Å². The van der Waals surface area contributed by atoms with Gasteiger partial charge in [0.2, 0.25) is 0 Å². The summed E-state index contributed by atoms with van der Waals surface area (Å²) in [4.78, 5) is 1.16. The molecule has 1 atom stereocenters. The highest BCUT2D eigenvalue weighted by atomic mass is 79.9. The minimum atomic E-state index is 0.0594. The third kappa shape index (κ3) is 4.13. The van der Waals surface area contributed by atoms with Gasteiger partial charge in [0.15, 0.2) is 0 Å². The Kier molecular flexibility index (Phi) is 6.33. The number of thiophene rings is 1. The molecule has 86 valence electrons. The van der Waals surface area contributed by atoms with Crippen LogP contribution in [0.2, 0.25) is 0 Å². The van der Waals surface area contributed by atoms with E-state index in [1.807, 2.05) is 0 Å². The second-order valence-electron chi connectivity index (χ2n) is 3.06. The first-order valence-corrected chi connectivity index (χ1v) is 7.07.